The zero-order valence-corrected chi connectivity index (χ0v) is 15.4. The molecule has 0 radical (unpaired) electrons. The second kappa shape index (κ2) is 6.25. The molecule has 1 aromatic carbocycles. The summed E-state index contributed by atoms with van der Waals surface area (Å²) >= 11 is 6.65. The predicted octanol–water partition coefficient (Wildman–Crippen LogP) is 4.00. The lowest BCUT2D eigenvalue weighted by atomic mass is 9.94. The first-order chi connectivity index (χ1) is 12.7. The lowest BCUT2D eigenvalue weighted by Crippen LogP contribution is -2.11. The summed E-state index contributed by atoms with van der Waals surface area (Å²) in [7, 11) is 1.62. The summed E-state index contributed by atoms with van der Waals surface area (Å²) in [5.74, 6) is 2.71. The molecule has 1 saturated heterocycles. The van der Waals surface area contributed by atoms with Crippen molar-refractivity contribution in [2.75, 3.05) is 20.2 Å². The summed E-state index contributed by atoms with van der Waals surface area (Å²) in [5, 5.41) is 13.1. The third-order valence-electron chi connectivity index (χ3n) is 5.99. The van der Waals surface area contributed by atoms with Gasteiger partial charge in [0.05, 0.1) is 12.6 Å². The van der Waals surface area contributed by atoms with Gasteiger partial charge in [0.2, 0.25) is 5.88 Å². The van der Waals surface area contributed by atoms with Crippen LogP contribution in [0.15, 0.2) is 30.5 Å². The number of methoxy groups -OCH3 is 1. The Balaban J connectivity index is 1.57. The Morgan fingerprint density at radius 3 is 2.73 bits per heavy atom. The van der Waals surface area contributed by atoms with Crippen LogP contribution in [0, 0.1) is 11.8 Å². The summed E-state index contributed by atoms with van der Waals surface area (Å²) < 4.78 is 5.26. The van der Waals surface area contributed by atoms with E-state index in [1.54, 1.807) is 13.3 Å². The van der Waals surface area contributed by atoms with Gasteiger partial charge in [-0.15, -0.1) is 0 Å². The summed E-state index contributed by atoms with van der Waals surface area (Å²) in [6, 6.07) is 8.13. The van der Waals surface area contributed by atoms with Crippen LogP contribution >= 0.6 is 11.6 Å². The SMILES string of the molecule is COc1cc(-c2n[nH]c3cc(Cl)c(C4CC5CNCC5C4)cc23)ccn1. The number of H-pyrrole nitrogens is 1. The van der Waals surface area contributed by atoms with E-state index in [9.17, 15) is 0 Å². The molecular weight excluding hydrogens is 348 g/mol. The van der Waals surface area contributed by atoms with Crippen LogP contribution in [0.3, 0.4) is 0 Å². The van der Waals surface area contributed by atoms with Gasteiger partial charge in [0, 0.05) is 28.2 Å². The molecule has 0 bridgehead atoms. The molecule has 1 aliphatic heterocycles. The maximum absolute atomic E-state index is 6.65. The molecule has 3 heterocycles. The number of benzene rings is 1. The quantitative estimate of drug-likeness (QED) is 0.733. The summed E-state index contributed by atoms with van der Waals surface area (Å²) in [6.45, 7) is 2.30. The third kappa shape index (κ3) is 2.58. The van der Waals surface area contributed by atoms with Gasteiger partial charge < -0.3 is 10.1 Å². The monoisotopic (exact) mass is 368 g/mol. The van der Waals surface area contributed by atoms with E-state index in [-0.39, 0.29) is 0 Å². The van der Waals surface area contributed by atoms with E-state index in [1.807, 2.05) is 18.2 Å². The number of rotatable bonds is 3. The Morgan fingerprint density at radius 1 is 1.15 bits per heavy atom. The van der Waals surface area contributed by atoms with Gasteiger partial charge in [-0.05, 0) is 67.4 Å². The molecule has 5 rings (SSSR count). The Labute approximate surface area is 157 Å². The van der Waals surface area contributed by atoms with E-state index < -0.39 is 0 Å². The van der Waals surface area contributed by atoms with Crippen molar-refractivity contribution in [1.82, 2.24) is 20.5 Å². The minimum Gasteiger partial charge on any atom is -0.481 e. The maximum Gasteiger partial charge on any atom is 0.213 e. The Kier molecular flexibility index (Phi) is 3.87. The van der Waals surface area contributed by atoms with Gasteiger partial charge in [-0.1, -0.05) is 11.6 Å². The minimum absolute atomic E-state index is 0.540. The predicted molar refractivity (Wildman–Crippen MR) is 103 cm³/mol. The lowest BCUT2D eigenvalue weighted by Gasteiger charge is -2.14. The molecule has 0 spiro atoms. The van der Waals surface area contributed by atoms with Crippen LogP contribution in [0.2, 0.25) is 5.02 Å². The van der Waals surface area contributed by atoms with Crippen molar-refractivity contribution in [3.05, 3.63) is 41.0 Å². The van der Waals surface area contributed by atoms with Crippen molar-refractivity contribution >= 4 is 22.5 Å². The van der Waals surface area contributed by atoms with Crippen molar-refractivity contribution in [1.29, 1.82) is 0 Å². The molecular formula is C20H21ClN4O. The van der Waals surface area contributed by atoms with E-state index in [2.05, 4.69) is 26.6 Å². The Bertz CT molecular complexity index is 958. The molecule has 1 aliphatic carbocycles. The van der Waals surface area contributed by atoms with Gasteiger partial charge >= 0.3 is 0 Å². The highest BCUT2D eigenvalue weighted by Crippen LogP contribution is 2.46. The zero-order chi connectivity index (χ0) is 17.7. The zero-order valence-electron chi connectivity index (χ0n) is 14.6. The molecule has 0 amide bonds. The summed E-state index contributed by atoms with van der Waals surface area (Å²) in [6.07, 6.45) is 4.19. The fourth-order valence-electron chi connectivity index (χ4n) is 4.68. The minimum atomic E-state index is 0.540. The number of hydrogen-bond acceptors (Lipinski definition) is 4. The van der Waals surface area contributed by atoms with Crippen LogP contribution in [0.1, 0.15) is 24.3 Å². The van der Waals surface area contributed by atoms with E-state index in [4.69, 9.17) is 16.3 Å². The molecule has 2 N–H and O–H groups in total. The van der Waals surface area contributed by atoms with Crippen LogP contribution in [0.25, 0.3) is 22.2 Å². The average Bonchev–Trinajstić information content (AvgIpc) is 3.35. The van der Waals surface area contributed by atoms with E-state index in [0.717, 1.165) is 52.1 Å². The topological polar surface area (TPSA) is 62.8 Å². The number of aromatic amines is 1. The van der Waals surface area contributed by atoms with Gasteiger partial charge in [0.25, 0.3) is 0 Å². The lowest BCUT2D eigenvalue weighted by molar-refractivity contribution is 0.398. The highest BCUT2D eigenvalue weighted by Gasteiger charge is 2.38. The molecule has 2 atom stereocenters. The molecule has 6 heteroatoms. The third-order valence-corrected chi connectivity index (χ3v) is 6.32. The van der Waals surface area contributed by atoms with Gasteiger partial charge in [-0.25, -0.2) is 4.98 Å². The van der Waals surface area contributed by atoms with Crippen LogP contribution in [0.4, 0.5) is 0 Å². The van der Waals surface area contributed by atoms with Gasteiger partial charge in [-0.3, -0.25) is 5.10 Å². The van der Waals surface area contributed by atoms with Crippen molar-refractivity contribution in [2.45, 2.75) is 18.8 Å². The fourth-order valence-corrected chi connectivity index (χ4v) is 4.99. The first kappa shape index (κ1) is 16.1. The number of fused-ring (bicyclic) bond motifs is 2. The van der Waals surface area contributed by atoms with Gasteiger partial charge in [0.15, 0.2) is 0 Å². The van der Waals surface area contributed by atoms with E-state index in [1.165, 1.54) is 18.4 Å². The Hall–Kier alpha value is -2.11. The number of ether oxygens (including phenoxy) is 1. The van der Waals surface area contributed by atoms with E-state index >= 15 is 0 Å². The van der Waals surface area contributed by atoms with Crippen LogP contribution in [0.5, 0.6) is 5.88 Å². The molecule has 3 aromatic rings. The standard InChI is InChI=1S/C20H21ClN4O/c1-26-19-6-11(2-3-23-19)20-16-7-15(17(21)8-18(16)24-25-20)12-4-13-9-22-10-14(13)5-12/h2-3,6-8,12-14,22H,4-5,9-10H2,1H3,(H,24,25). The van der Waals surface area contributed by atoms with Crippen LogP contribution < -0.4 is 10.1 Å². The number of pyridine rings is 1. The highest BCUT2D eigenvalue weighted by molar-refractivity contribution is 6.32. The first-order valence-electron chi connectivity index (χ1n) is 9.11. The second-order valence-electron chi connectivity index (χ2n) is 7.43. The normalized spacial score (nSPS) is 24.9. The largest absolute Gasteiger partial charge is 0.481 e. The number of aromatic nitrogens is 3. The van der Waals surface area contributed by atoms with Gasteiger partial charge in [-0.2, -0.15) is 5.10 Å². The molecule has 26 heavy (non-hydrogen) atoms. The Morgan fingerprint density at radius 2 is 1.96 bits per heavy atom. The van der Waals surface area contributed by atoms with Crippen molar-refractivity contribution in [2.24, 2.45) is 11.8 Å². The molecule has 134 valence electrons. The van der Waals surface area contributed by atoms with Gasteiger partial charge in [0.1, 0.15) is 5.69 Å². The smallest absolute Gasteiger partial charge is 0.213 e. The molecule has 1 saturated carbocycles. The molecule has 2 fully saturated rings. The van der Waals surface area contributed by atoms with Crippen molar-refractivity contribution in [3.63, 3.8) is 0 Å². The number of hydrogen-bond donors (Lipinski definition) is 2. The summed E-state index contributed by atoms with van der Waals surface area (Å²) in [5.41, 5.74) is 4.13. The number of nitrogens with zero attached hydrogens (tertiary/aromatic N) is 2. The molecule has 5 nitrogen and oxygen atoms in total. The molecule has 2 unspecified atom stereocenters. The second-order valence-corrected chi connectivity index (χ2v) is 7.83. The highest BCUT2D eigenvalue weighted by atomic mass is 35.5. The molecule has 2 aromatic heterocycles. The summed E-state index contributed by atoms with van der Waals surface area (Å²) in [4.78, 5) is 4.19. The fraction of sp³-hybridized carbons (Fsp3) is 0.400. The average molecular weight is 369 g/mol. The van der Waals surface area contributed by atoms with Crippen molar-refractivity contribution < 1.29 is 4.74 Å². The number of nitrogens with one attached hydrogen (secondary N) is 2. The number of halogens is 1. The van der Waals surface area contributed by atoms with Crippen LogP contribution in [-0.4, -0.2) is 35.4 Å². The van der Waals surface area contributed by atoms with Crippen molar-refractivity contribution in [3.8, 4) is 17.1 Å². The van der Waals surface area contributed by atoms with E-state index in [0.29, 0.717) is 11.8 Å². The first-order valence-corrected chi connectivity index (χ1v) is 9.49. The van der Waals surface area contributed by atoms with Crippen LogP contribution in [-0.2, 0) is 0 Å². The molecule has 2 aliphatic rings. The maximum atomic E-state index is 6.65.